The number of ketones is 1. The van der Waals surface area contributed by atoms with E-state index in [0.29, 0.717) is 23.5 Å². The maximum absolute atomic E-state index is 13.1. The monoisotopic (exact) mass is 379 g/mol. The average Bonchev–Trinajstić information content (AvgIpc) is 3.05. The Morgan fingerprint density at radius 3 is 2.46 bits per heavy atom. The lowest BCUT2D eigenvalue weighted by molar-refractivity contribution is 0.0701. The number of likely N-dealkylation sites (tertiary alicyclic amines) is 1. The van der Waals surface area contributed by atoms with Crippen molar-refractivity contribution in [2.24, 2.45) is 11.8 Å². The lowest BCUT2D eigenvalue weighted by Crippen LogP contribution is -2.42. The second-order valence-corrected chi connectivity index (χ2v) is 8.13. The number of hydrogen-bond donors (Lipinski definition) is 0. The van der Waals surface area contributed by atoms with Gasteiger partial charge in [0.2, 0.25) is 0 Å². The molecule has 0 radical (unpaired) electrons. The molecule has 0 spiro atoms. The van der Waals surface area contributed by atoms with Gasteiger partial charge in [0.25, 0.3) is 0 Å². The molecular formula is C24H29NO3. The van der Waals surface area contributed by atoms with Gasteiger partial charge in [-0.15, -0.1) is 0 Å². The van der Waals surface area contributed by atoms with Crippen molar-refractivity contribution in [2.45, 2.75) is 38.8 Å². The first kappa shape index (κ1) is 19.0. The number of fused-ring (bicyclic) bond motifs is 1. The van der Waals surface area contributed by atoms with Crippen LogP contribution < -0.4 is 9.47 Å². The summed E-state index contributed by atoms with van der Waals surface area (Å²) in [5.41, 5.74) is 3.28. The van der Waals surface area contributed by atoms with Crippen LogP contribution in [-0.4, -0.2) is 37.5 Å². The highest BCUT2D eigenvalue weighted by atomic mass is 16.5. The van der Waals surface area contributed by atoms with Crippen molar-refractivity contribution in [1.29, 1.82) is 0 Å². The van der Waals surface area contributed by atoms with Crippen molar-refractivity contribution in [3.05, 3.63) is 59.2 Å². The van der Waals surface area contributed by atoms with Crippen LogP contribution in [0, 0.1) is 11.8 Å². The first-order valence-electron chi connectivity index (χ1n) is 10.2. The molecule has 4 nitrogen and oxygen atoms in total. The third-order valence-corrected chi connectivity index (χ3v) is 6.50. The highest BCUT2D eigenvalue weighted by molar-refractivity contribution is 6.03. The number of ether oxygens (including phenoxy) is 2. The van der Waals surface area contributed by atoms with Crippen LogP contribution in [0.2, 0.25) is 0 Å². The van der Waals surface area contributed by atoms with Gasteiger partial charge in [0.15, 0.2) is 17.3 Å². The number of carbonyl (C=O) groups excluding carboxylic acids is 1. The summed E-state index contributed by atoms with van der Waals surface area (Å²) in [5.74, 6) is 2.17. The molecule has 1 aliphatic heterocycles. The van der Waals surface area contributed by atoms with Crippen LogP contribution in [0.25, 0.3) is 0 Å². The zero-order chi connectivity index (χ0) is 19.7. The number of methoxy groups -OCH3 is 2. The van der Waals surface area contributed by atoms with E-state index in [9.17, 15) is 4.79 Å². The fourth-order valence-electron chi connectivity index (χ4n) is 4.90. The Bertz CT molecular complexity index is 848. The summed E-state index contributed by atoms with van der Waals surface area (Å²) >= 11 is 0. The molecule has 0 N–H and O–H groups in total. The Kier molecular flexibility index (Phi) is 5.40. The molecule has 1 aliphatic carbocycles. The average molecular weight is 380 g/mol. The zero-order valence-corrected chi connectivity index (χ0v) is 17.0. The topological polar surface area (TPSA) is 38.8 Å². The summed E-state index contributed by atoms with van der Waals surface area (Å²) in [5, 5.41) is 0. The minimum absolute atomic E-state index is 0.0909. The lowest BCUT2D eigenvalue weighted by Gasteiger charge is -2.39. The highest BCUT2D eigenvalue weighted by Crippen LogP contribution is 2.42. The van der Waals surface area contributed by atoms with Gasteiger partial charge in [0, 0.05) is 24.1 Å². The van der Waals surface area contributed by atoms with E-state index in [1.807, 2.05) is 12.1 Å². The van der Waals surface area contributed by atoms with Gasteiger partial charge in [0.05, 0.1) is 14.2 Å². The van der Waals surface area contributed by atoms with E-state index < -0.39 is 0 Å². The van der Waals surface area contributed by atoms with Crippen molar-refractivity contribution >= 4 is 5.78 Å². The van der Waals surface area contributed by atoms with Crippen LogP contribution in [0.1, 0.15) is 41.3 Å². The Hall–Kier alpha value is -2.33. The Balaban J connectivity index is 1.45. The quantitative estimate of drug-likeness (QED) is 0.774. The van der Waals surface area contributed by atoms with Crippen LogP contribution in [0.3, 0.4) is 0 Å². The molecule has 4 heteroatoms. The number of piperidine rings is 1. The molecule has 4 rings (SSSR count). The van der Waals surface area contributed by atoms with Crippen LogP contribution >= 0.6 is 0 Å². The molecule has 1 saturated heterocycles. The number of nitrogens with zero attached hydrogens (tertiary/aromatic N) is 1. The Labute approximate surface area is 167 Å². The van der Waals surface area contributed by atoms with E-state index in [0.717, 1.165) is 43.5 Å². The van der Waals surface area contributed by atoms with E-state index in [-0.39, 0.29) is 11.7 Å². The number of hydrogen-bond acceptors (Lipinski definition) is 4. The normalized spacial score (nSPS) is 24.8. The molecule has 2 aromatic carbocycles. The Morgan fingerprint density at radius 1 is 1.07 bits per heavy atom. The van der Waals surface area contributed by atoms with Crippen molar-refractivity contribution in [2.75, 3.05) is 20.8 Å². The van der Waals surface area contributed by atoms with Gasteiger partial charge in [-0.2, -0.15) is 0 Å². The summed E-state index contributed by atoms with van der Waals surface area (Å²) in [6.45, 7) is 4.34. The van der Waals surface area contributed by atoms with Crippen LogP contribution in [0.15, 0.2) is 42.5 Å². The highest BCUT2D eigenvalue weighted by Gasteiger charge is 2.40. The van der Waals surface area contributed by atoms with E-state index >= 15 is 0 Å². The van der Waals surface area contributed by atoms with Gasteiger partial charge in [0.1, 0.15) is 0 Å². The third-order valence-electron chi connectivity index (χ3n) is 6.50. The smallest absolute Gasteiger partial charge is 0.166 e. The van der Waals surface area contributed by atoms with Crippen LogP contribution in [0.5, 0.6) is 11.5 Å². The molecule has 2 aromatic rings. The number of Topliss-reactive ketones (excluding diaryl/α,β-unsaturated/α-hetero) is 1. The summed E-state index contributed by atoms with van der Waals surface area (Å²) in [4.78, 5) is 15.7. The molecule has 0 aromatic heterocycles. The largest absolute Gasteiger partial charge is 0.493 e. The van der Waals surface area contributed by atoms with Crippen molar-refractivity contribution < 1.29 is 14.3 Å². The molecule has 0 amide bonds. The maximum atomic E-state index is 13.1. The fraction of sp³-hybridized carbons (Fsp3) is 0.458. The first-order chi connectivity index (χ1) is 13.6. The predicted molar refractivity (Wildman–Crippen MR) is 110 cm³/mol. The standard InChI is InChI=1S/C24H29NO3/c1-16-11-18(9-10-25(16)15-17-7-5-4-6-8-17)20-12-19-13-22(27-2)23(28-3)14-21(19)24(20)26/h4-8,13-14,16,18,20H,9-12,15H2,1-3H3/t16-,18+,20?/m1/s1. The summed E-state index contributed by atoms with van der Waals surface area (Å²) in [6.07, 6.45) is 2.98. The molecule has 0 bridgehead atoms. The molecule has 1 unspecified atom stereocenters. The Morgan fingerprint density at radius 2 is 1.79 bits per heavy atom. The minimum Gasteiger partial charge on any atom is -0.493 e. The van der Waals surface area contributed by atoms with Crippen molar-refractivity contribution in [3.63, 3.8) is 0 Å². The number of carbonyl (C=O) groups is 1. The van der Waals surface area contributed by atoms with E-state index in [1.54, 1.807) is 14.2 Å². The second-order valence-electron chi connectivity index (χ2n) is 8.13. The van der Waals surface area contributed by atoms with Gasteiger partial charge in [-0.05, 0) is 61.9 Å². The van der Waals surface area contributed by atoms with Crippen LogP contribution in [-0.2, 0) is 13.0 Å². The summed E-state index contributed by atoms with van der Waals surface area (Å²) in [7, 11) is 3.26. The molecule has 148 valence electrons. The van der Waals surface area contributed by atoms with Gasteiger partial charge < -0.3 is 9.47 Å². The van der Waals surface area contributed by atoms with Gasteiger partial charge >= 0.3 is 0 Å². The van der Waals surface area contributed by atoms with E-state index in [1.165, 1.54) is 5.56 Å². The van der Waals surface area contributed by atoms with Crippen molar-refractivity contribution in [1.82, 2.24) is 4.90 Å². The van der Waals surface area contributed by atoms with Gasteiger partial charge in [-0.1, -0.05) is 30.3 Å². The first-order valence-corrected chi connectivity index (χ1v) is 10.2. The molecular weight excluding hydrogens is 350 g/mol. The SMILES string of the molecule is COc1cc2c(cc1OC)C(=O)C([C@H]1CCN(Cc3ccccc3)[C@H](C)C1)C2. The molecule has 1 fully saturated rings. The predicted octanol–water partition coefficient (Wildman–Crippen LogP) is 4.36. The van der Waals surface area contributed by atoms with Crippen LogP contribution in [0.4, 0.5) is 0 Å². The third kappa shape index (κ3) is 3.53. The summed E-state index contributed by atoms with van der Waals surface area (Å²) in [6, 6.07) is 15.0. The minimum atomic E-state index is 0.0909. The molecule has 2 aliphatic rings. The molecule has 1 heterocycles. The molecule has 3 atom stereocenters. The summed E-state index contributed by atoms with van der Waals surface area (Å²) < 4.78 is 10.8. The second kappa shape index (κ2) is 7.96. The van der Waals surface area contributed by atoms with Gasteiger partial charge in [-0.3, -0.25) is 9.69 Å². The molecule has 28 heavy (non-hydrogen) atoms. The van der Waals surface area contributed by atoms with E-state index in [2.05, 4.69) is 42.2 Å². The number of benzene rings is 2. The fourth-order valence-corrected chi connectivity index (χ4v) is 4.90. The van der Waals surface area contributed by atoms with Crippen molar-refractivity contribution in [3.8, 4) is 11.5 Å². The maximum Gasteiger partial charge on any atom is 0.166 e. The van der Waals surface area contributed by atoms with E-state index in [4.69, 9.17) is 9.47 Å². The molecule has 0 saturated carbocycles. The van der Waals surface area contributed by atoms with Gasteiger partial charge in [-0.25, -0.2) is 0 Å². The lowest BCUT2D eigenvalue weighted by atomic mass is 9.79. The zero-order valence-electron chi connectivity index (χ0n) is 17.0. The number of rotatable bonds is 5.